The number of rotatable bonds is 5. The summed E-state index contributed by atoms with van der Waals surface area (Å²) in [5.74, 6) is -0.383. The van der Waals surface area contributed by atoms with E-state index in [0.29, 0.717) is 24.9 Å². The highest BCUT2D eigenvalue weighted by Gasteiger charge is 2.33. The molecule has 5 heteroatoms. The molecule has 23 heavy (non-hydrogen) atoms. The zero-order valence-corrected chi connectivity index (χ0v) is 12.8. The molecule has 0 spiro atoms. The van der Waals surface area contributed by atoms with Gasteiger partial charge in [-0.15, -0.1) is 0 Å². The molecule has 0 radical (unpaired) electrons. The number of fused-ring (bicyclic) bond motifs is 1. The zero-order valence-electron chi connectivity index (χ0n) is 12.8. The van der Waals surface area contributed by atoms with Crippen LogP contribution in [0.2, 0.25) is 0 Å². The lowest BCUT2D eigenvalue weighted by Gasteiger charge is -2.34. The Balaban J connectivity index is 1.41. The molecule has 0 aromatic heterocycles. The van der Waals surface area contributed by atoms with Crippen LogP contribution in [-0.4, -0.2) is 37.4 Å². The van der Waals surface area contributed by atoms with Gasteiger partial charge in [0.2, 0.25) is 0 Å². The van der Waals surface area contributed by atoms with Crippen LogP contribution in [0, 0.1) is 5.82 Å². The van der Waals surface area contributed by atoms with Crippen molar-refractivity contribution in [1.29, 1.82) is 0 Å². The van der Waals surface area contributed by atoms with E-state index in [1.165, 1.54) is 6.07 Å². The molecule has 1 aliphatic heterocycles. The van der Waals surface area contributed by atoms with Gasteiger partial charge in [-0.2, -0.15) is 0 Å². The first-order valence-corrected chi connectivity index (χ1v) is 7.87. The molecule has 2 aliphatic rings. The minimum atomic E-state index is -0.596. The second kappa shape index (κ2) is 7.53. The van der Waals surface area contributed by atoms with Gasteiger partial charge in [-0.25, -0.2) is 4.39 Å². The second-order valence-electron chi connectivity index (χ2n) is 5.64. The first kappa shape index (κ1) is 15.9. The third-order valence-electron chi connectivity index (χ3n) is 3.97. The van der Waals surface area contributed by atoms with Crippen LogP contribution in [0.3, 0.4) is 0 Å². The molecule has 4 nitrogen and oxygen atoms in total. The fraction of sp³-hybridized carbons (Fsp3) is 0.389. The van der Waals surface area contributed by atoms with E-state index in [1.807, 2.05) is 30.4 Å². The van der Waals surface area contributed by atoms with Gasteiger partial charge in [-0.3, -0.25) is 4.79 Å². The molecule has 3 rings (SSSR count). The van der Waals surface area contributed by atoms with Crippen LogP contribution in [0.1, 0.15) is 12.0 Å². The minimum Gasteiger partial charge on any atom is -0.368 e. The quantitative estimate of drug-likeness (QED) is 0.847. The molecular weight excluding hydrogens is 297 g/mol. The number of hydrogen-bond acceptors (Lipinski definition) is 3. The molecule has 1 aromatic rings. The van der Waals surface area contributed by atoms with Crippen molar-refractivity contribution in [3.63, 3.8) is 0 Å². The number of halogens is 1. The number of aryl methyl sites for hydroxylation is 1. The maximum Gasteiger partial charge on any atom is 0.251 e. The van der Waals surface area contributed by atoms with E-state index in [1.54, 1.807) is 12.1 Å². The van der Waals surface area contributed by atoms with Crippen LogP contribution in [0.25, 0.3) is 0 Å². The van der Waals surface area contributed by atoms with Crippen LogP contribution in [0.15, 0.2) is 48.6 Å². The van der Waals surface area contributed by atoms with E-state index in [-0.39, 0.29) is 30.5 Å². The van der Waals surface area contributed by atoms with Crippen molar-refractivity contribution in [2.75, 3.05) is 13.2 Å². The highest BCUT2D eigenvalue weighted by Crippen LogP contribution is 2.20. The molecule has 1 heterocycles. The zero-order chi connectivity index (χ0) is 16.1. The third kappa shape index (κ3) is 4.06. The first-order valence-electron chi connectivity index (χ1n) is 7.87. The van der Waals surface area contributed by atoms with Crippen LogP contribution >= 0.6 is 0 Å². The number of allylic oxidation sites excluding steroid dienone is 2. The summed E-state index contributed by atoms with van der Waals surface area (Å²) < 4.78 is 24.9. The Labute approximate surface area is 135 Å². The van der Waals surface area contributed by atoms with E-state index in [0.717, 1.165) is 0 Å². The summed E-state index contributed by atoms with van der Waals surface area (Å²) in [4.78, 5) is 12.1. The van der Waals surface area contributed by atoms with Crippen molar-refractivity contribution in [3.05, 3.63) is 60.0 Å². The minimum absolute atomic E-state index is 0.106. The Hall–Kier alpha value is -1.98. The number of carbonyl (C=O) groups is 1. The average Bonchev–Trinajstić information content (AvgIpc) is 2.59. The van der Waals surface area contributed by atoms with Gasteiger partial charge >= 0.3 is 0 Å². The van der Waals surface area contributed by atoms with E-state index in [2.05, 4.69) is 5.32 Å². The molecule has 3 atom stereocenters. The highest BCUT2D eigenvalue weighted by atomic mass is 19.1. The Kier molecular flexibility index (Phi) is 5.20. The lowest BCUT2D eigenvalue weighted by atomic mass is 10.1. The van der Waals surface area contributed by atoms with Gasteiger partial charge in [0.25, 0.3) is 5.91 Å². The lowest BCUT2D eigenvalue weighted by molar-refractivity contribution is -0.168. The predicted octanol–water partition coefficient (Wildman–Crippen LogP) is 2.15. The van der Waals surface area contributed by atoms with Gasteiger partial charge in [0.1, 0.15) is 18.0 Å². The van der Waals surface area contributed by atoms with Gasteiger partial charge in [-0.1, -0.05) is 42.5 Å². The smallest absolute Gasteiger partial charge is 0.251 e. The highest BCUT2D eigenvalue weighted by molar-refractivity contribution is 5.81. The Morgan fingerprint density at radius 3 is 2.83 bits per heavy atom. The fourth-order valence-electron chi connectivity index (χ4n) is 2.71. The molecule has 1 N–H and O–H groups in total. The van der Waals surface area contributed by atoms with Gasteiger partial charge in [0.15, 0.2) is 6.10 Å². The van der Waals surface area contributed by atoms with Crippen LogP contribution in [-0.2, 0) is 20.7 Å². The lowest BCUT2D eigenvalue weighted by Crippen LogP contribution is -2.49. The summed E-state index contributed by atoms with van der Waals surface area (Å²) in [6.45, 7) is 0.732. The van der Waals surface area contributed by atoms with Gasteiger partial charge in [0, 0.05) is 6.54 Å². The first-order chi connectivity index (χ1) is 11.2. The molecule has 0 bridgehead atoms. The van der Waals surface area contributed by atoms with E-state index < -0.39 is 6.10 Å². The Morgan fingerprint density at radius 2 is 2.00 bits per heavy atom. The standard InChI is InChI=1S/C18H20FNO3/c19-14-8-2-1-6-13(14)7-5-11-20-18(21)17-12-22-15-9-3-4-10-16(15)23-17/h1-4,6,8-10,15-17H,5,7,11-12H2,(H,20,21). The predicted molar refractivity (Wildman–Crippen MR) is 84.4 cm³/mol. The molecule has 1 amide bonds. The topological polar surface area (TPSA) is 47.6 Å². The summed E-state index contributed by atoms with van der Waals surface area (Å²) in [5.41, 5.74) is 0.668. The molecule has 1 aliphatic carbocycles. The van der Waals surface area contributed by atoms with Crippen LogP contribution in [0.5, 0.6) is 0 Å². The fourth-order valence-corrected chi connectivity index (χ4v) is 2.71. The van der Waals surface area contributed by atoms with E-state index in [4.69, 9.17) is 9.47 Å². The number of carbonyl (C=O) groups excluding carboxylic acids is 1. The molecule has 3 unspecified atom stereocenters. The molecule has 1 fully saturated rings. The van der Waals surface area contributed by atoms with Crippen molar-refractivity contribution < 1.29 is 18.7 Å². The summed E-state index contributed by atoms with van der Waals surface area (Å²) in [6, 6.07) is 6.69. The number of hydrogen-bond donors (Lipinski definition) is 1. The van der Waals surface area contributed by atoms with Crippen molar-refractivity contribution in [2.24, 2.45) is 0 Å². The average molecular weight is 317 g/mol. The number of benzene rings is 1. The number of ether oxygens (including phenoxy) is 2. The summed E-state index contributed by atoms with van der Waals surface area (Å²) >= 11 is 0. The number of nitrogens with one attached hydrogen (secondary N) is 1. The normalized spacial score (nSPS) is 25.9. The second-order valence-corrected chi connectivity index (χ2v) is 5.64. The van der Waals surface area contributed by atoms with Crippen LogP contribution < -0.4 is 5.32 Å². The molecule has 1 saturated heterocycles. The summed E-state index contributed by atoms with van der Waals surface area (Å²) in [5, 5.41) is 2.83. The number of amides is 1. The van der Waals surface area contributed by atoms with Crippen LogP contribution in [0.4, 0.5) is 4.39 Å². The maximum atomic E-state index is 13.5. The SMILES string of the molecule is O=C(NCCCc1ccccc1F)C1COC2C=CC=CC2O1. The summed E-state index contributed by atoms with van der Waals surface area (Å²) in [7, 11) is 0. The molecular formula is C18H20FNO3. The van der Waals surface area contributed by atoms with Gasteiger partial charge in [-0.05, 0) is 24.5 Å². The van der Waals surface area contributed by atoms with Crippen molar-refractivity contribution >= 4 is 5.91 Å². The molecule has 1 aromatic carbocycles. The van der Waals surface area contributed by atoms with Gasteiger partial charge < -0.3 is 14.8 Å². The molecule has 122 valence electrons. The van der Waals surface area contributed by atoms with Crippen molar-refractivity contribution in [1.82, 2.24) is 5.32 Å². The third-order valence-corrected chi connectivity index (χ3v) is 3.97. The Bertz CT molecular complexity index is 614. The van der Waals surface area contributed by atoms with Crippen molar-refractivity contribution in [2.45, 2.75) is 31.2 Å². The summed E-state index contributed by atoms with van der Waals surface area (Å²) in [6.07, 6.45) is 7.97. The largest absolute Gasteiger partial charge is 0.368 e. The maximum absolute atomic E-state index is 13.5. The van der Waals surface area contributed by atoms with E-state index in [9.17, 15) is 9.18 Å². The monoisotopic (exact) mass is 317 g/mol. The van der Waals surface area contributed by atoms with E-state index >= 15 is 0 Å². The van der Waals surface area contributed by atoms with Crippen molar-refractivity contribution in [3.8, 4) is 0 Å². The Morgan fingerprint density at radius 1 is 1.22 bits per heavy atom. The molecule has 0 saturated carbocycles. The van der Waals surface area contributed by atoms with Gasteiger partial charge in [0.05, 0.1) is 6.61 Å².